The topological polar surface area (TPSA) is 190 Å². The van der Waals surface area contributed by atoms with Gasteiger partial charge in [-0.3, -0.25) is 5.48 Å². The molecule has 0 aliphatic carbocycles. The Hall–Kier alpha value is -3.90. The van der Waals surface area contributed by atoms with E-state index in [-0.39, 0.29) is 66.4 Å². The second kappa shape index (κ2) is 16.8. The van der Waals surface area contributed by atoms with Crippen LogP contribution < -0.4 is 10.8 Å². The summed E-state index contributed by atoms with van der Waals surface area (Å²) in [6.45, 7) is 19.0. The van der Waals surface area contributed by atoms with Gasteiger partial charge in [0.1, 0.15) is 17.3 Å². The highest BCUT2D eigenvalue weighted by atomic mass is 32.2. The van der Waals surface area contributed by atoms with Crippen LogP contribution >= 0.6 is 0 Å². The molecule has 0 radical (unpaired) electrons. The number of sulfonamides is 2. The average Bonchev–Trinajstić information content (AvgIpc) is 3.09. The van der Waals surface area contributed by atoms with Crippen LogP contribution in [0.25, 0.3) is 21.5 Å². The minimum Gasteiger partial charge on any atom is -0.444 e. The van der Waals surface area contributed by atoms with Gasteiger partial charge >= 0.3 is 12.1 Å². The molecule has 2 aliphatic heterocycles. The van der Waals surface area contributed by atoms with Crippen LogP contribution in [-0.4, -0.2) is 82.1 Å². The van der Waals surface area contributed by atoms with Gasteiger partial charge in [-0.05, 0) is 92.1 Å². The quantitative estimate of drug-likeness (QED) is 0.0486. The molecule has 15 nitrogen and oxygen atoms in total. The number of fused-ring (bicyclic) bond motifs is 2. The van der Waals surface area contributed by atoms with Gasteiger partial charge in [0, 0.05) is 47.7 Å². The number of hydrogen-bond acceptors (Lipinski definition) is 12. The normalized spacial score (nSPS) is 22.2. The van der Waals surface area contributed by atoms with Crippen molar-refractivity contribution in [1.29, 1.82) is 0 Å². The van der Waals surface area contributed by atoms with E-state index in [1.165, 1.54) is 45.0 Å². The van der Waals surface area contributed by atoms with Gasteiger partial charge in [0.05, 0.1) is 15.5 Å². The number of nitrogens with one attached hydrogen (secondary N) is 2. The van der Waals surface area contributed by atoms with Crippen molar-refractivity contribution < 1.29 is 40.7 Å². The maximum atomic E-state index is 14.1. The van der Waals surface area contributed by atoms with Crippen LogP contribution in [0.1, 0.15) is 82.1 Å². The Morgan fingerprint density at radius 3 is 1.58 bits per heavy atom. The van der Waals surface area contributed by atoms with Gasteiger partial charge in [0.15, 0.2) is 0 Å². The zero-order chi connectivity index (χ0) is 42.2. The van der Waals surface area contributed by atoms with Gasteiger partial charge in [-0.1, -0.05) is 60.6 Å². The highest BCUT2D eigenvalue weighted by molar-refractivity contribution is 7.89. The molecule has 1 amide bonds. The molecule has 2 aliphatic rings. The van der Waals surface area contributed by atoms with Gasteiger partial charge in [-0.2, -0.15) is 8.61 Å². The largest absolute Gasteiger partial charge is 0.444 e. The van der Waals surface area contributed by atoms with E-state index >= 15 is 0 Å². The van der Waals surface area contributed by atoms with E-state index in [1.807, 2.05) is 27.7 Å². The van der Waals surface area contributed by atoms with E-state index in [9.17, 15) is 31.3 Å². The standard InChI is InChI=1S/C40H57N5O10S2/c1-24-15-25(2)20-44(19-24)56(49,50)28-11-13-30-32(17-28)35(43-54-23-53-37(46)36(39(5,6)7)41-38(47)55-40(8,9)10)33-18-29(12-14-31(33)34(30)42-48)57(51,52)45-21-26(3)16-27(4)22-45/h11-14,17-18,24-27,36,43H,15-16,19-23H2,1-10H3,(H,41,47)/t24-,25+,26-,27+,36?. The molecule has 17 heteroatoms. The number of carbonyl (C=O) groups excluding carboxylic acids is 2. The molecule has 1 unspecified atom stereocenters. The molecule has 0 spiro atoms. The van der Waals surface area contributed by atoms with Crippen LogP contribution in [-0.2, 0) is 39.2 Å². The zero-order valence-corrected chi connectivity index (χ0v) is 36.2. The summed E-state index contributed by atoms with van der Waals surface area (Å²) in [6.07, 6.45) is 0.987. The Morgan fingerprint density at radius 1 is 0.754 bits per heavy atom. The smallest absolute Gasteiger partial charge is 0.408 e. The van der Waals surface area contributed by atoms with Crippen molar-refractivity contribution in [1.82, 2.24) is 13.9 Å². The predicted octanol–water partition coefficient (Wildman–Crippen LogP) is 7.51. The van der Waals surface area contributed by atoms with Gasteiger partial charge in [0.25, 0.3) is 0 Å². The summed E-state index contributed by atoms with van der Waals surface area (Å²) in [5, 5.41) is 6.86. The van der Waals surface area contributed by atoms with Crippen molar-refractivity contribution in [2.45, 2.75) is 104 Å². The number of ether oxygens (including phenoxy) is 2. The predicted molar refractivity (Wildman–Crippen MR) is 219 cm³/mol. The lowest BCUT2D eigenvalue weighted by Crippen LogP contribution is -2.51. The zero-order valence-electron chi connectivity index (χ0n) is 34.5. The van der Waals surface area contributed by atoms with E-state index in [1.54, 1.807) is 41.5 Å². The minimum absolute atomic E-state index is 0.0217. The molecule has 2 heterocycles. The first-order valence-electron chi connectivity index (χ1n) is 19.3. The second-order valence-corrected chi connectivity index (χ2v) is 21.9. The maximum absolute atomic E-state index is 14.1. The molecule has 5 atom stereocenters. The maximum Gasteiger partial charge on any atom is 0.408 e. The lowest BCUT2D eigenvalue weighted by atomic mass is 9.87. The number of benzene rings is 3. The Kier molecular flexibility index (Phi) is 13.0. The Morgan fingerprint density at radius 2 is 1.19 bits per heavy atom. The van der Waals surface area contributed by atoms with Crippen LogP contribution in [0.5, 0.6) is 0 Å². The number of esters is 1. The Bertz CT molecular complexity index is 2100. The lowest BCUT2D eigenvalue weighted by Gasteiger charge is -2.34. The second-order valence-electron chi connectivity index (χ2n) is 18.0. The molecule has 2 fully saturated rings. The van der Waals surface area contributed by atoms with Crippen molar-refractivity contribution in [3.63, 3.8) is 0 Å². The Balaban J connectivity index is 1.57. The third kappa shape index (κ3) is 10.0. The molecule has 0 bridgehead atoms. The van der Waals surface area contributed by atoms with Gasteiger partial charge in [-0.25, -0.2) is 31.3 Å². The van der Waals surface area contributed by atoms with E-state index in [4.69, 9.17) is 14.3 Å². The summed E-state index contributed by atoms with van der Waals surface area (Å²) in [5.74, 6) is -0.223. The summed E-state index contributed by atoms with van der Waals surface area (Å²) >= 11 is 0. The third-order valence-corrected chi connectivity index (χ3v) is 13.9. The molecule has 0 saturated carbocycles. The van der Waals surface area contributed by atoms with Crippen LogP contribution in [0.4, 0.5) is 16.2 Å². The van der Waals surface area contributed by atoms with Crippen molar-refractivity contribution >= 4 is 65.0 Å². The number of carbonyl (C=O) groups is 2. The number of alkyl carbamates (subject to hydrolysis) is 1. The number of rotatable bonds is 11. The average molecular weight is 832 g/mol. The van der Waals surface area contributed by atoms with Crippen LogP contribution in [0.3, 0.4) is 0 Å². The van der Waals surface area contributed by atoms with Crippen molar-refractivity contribution in [2.24, 2.45) is 34.3 Å². The summed E-state index contributed by atoms with van der Waals surface area (Å²) in [5.41, 5.74) is 1.29. The fraction of sp³-hybridized carbons (Fsp3) is 0.600. The van der Waals surface area contributed by atoms with E-state index in [0.29, 0.717) is 26.2 Å². The van der Waals surface area contributed by atoms with Crippen LogP contribution in [0.2, 0.25) is 0 Å². The fourth-order valence-corrected chi connectivity index (χ4v) is 11.3. The van der Waals surface area contributed by atoms with E-state index < -0.39 is 56.0 Å². The van der Waals surface area contributed by atoms with Gasteiger partial charge in [0.2, 0.25) is 26.8 Å². The molecular weight excluding hydrogens is 775 g/mol. The first kappa shape index (κ1) is 44.2. The van der Waals surface area contributed by atoms with Gasteiger partial charge in [-0.15, -0.1) is 4.91 Å². The van der Waals surface area contributed by atoms with Crippen LogP contribution in [0.15, 0.2) is 51.4 Å². The number of piperidine rings is 2. The monoisotopic (exact) mass is 831 g/mol. The summed E-state index contributed by atoms with van der Waals surface area (Å²) in [4.78, 5) is 44.1. The number of nitroso groups, excluding NO2 is 1. The van der Waals surface area contributed by atoms with Crippen molar-refractivity contribution in [3.05, 3.63) is 41.3 Å². The molecule has 3 aromatic rings. The minimum atomic E-state index is -4.01. The third-order valence-electron chi connectivity index (χ3n) is 10.3. The summed E-state index contributed by atoms with van der Waals surface area (Å²) in [6, 6.07) is 7.55. The molecule has 2 saturated heterocycles. The number of nitrogens with zero attached hydrogens (tertiary/aromatic N) is 3. The van der Waals surface area contributed by atoms with Crippen molar-refractivity contribution in [2.75, 3.05) is 38.5 Å². The van der Waals surface area contributed by atoms with E-state index in [2.05, 4.69) is 16.0 Å². The SMILES string of the molecule is C[C@@H]1C[C@H](C)CN(S(=O)(=O)c2ccc3c(N=O)c4ccc(S(=O)(=O)N5C[C@H](C)C[C@H](C)C5)cc4c(NOCOC(=O)C(NC(=O)OC(C)(C)C)C(C)(C)C)c3c2)C1. The van der Waals surface area contributed by atoms with Gasteiger partial charge < -0.3 is 14.8 Å². The molecule has 5 rings (SSSR count). The molecule has 3 aromatic carbocycles. The fourth-order valence-electron chi connectivity index (χ4n) is 7.92. The number of amides is 1. The van der Waals surface area contributed by atoms with Crippen LogP contribution in [0, 0.1) is 34.0 Å². The summed E-state index contributed by atoms with van der Waals surface area (Å²) < 4.78 is 70.1. The highest BCUT2D eigenvalue weighted by Gasteiger charge is 2.37. The summed E-state index contributed by atoms with van der Waals surface area (Å²) in [7, 11) is -8.02. The number of anilines is 1. The Labute approximate surface area is 336 Å². The molecular formula is C40H57N5O10S2. The molecule has 314 valence electrons. The molecule has 2 N–H and O–H groups in total. The first-order valence-corrected chi connectivity index (χ1v) is 22.2. The highest BCUT2D eigenvalue weighted by Crippen LogP contribution is 2.44. The lowest BCUT2D eigenvalue weighted by molar-refractivity contribution is -0.159. The molecule has 0 aromatic heterocycles. The first-order chi connectivity index (χ1) is 26.4. The number of hydrogen-bond donors (Lipinski definition) is 2. The molecule has 57 heavy (non-hydrogen) atoms. The van der Waals surface area contributed by atoms with Crippen molar-refractivity contribution in [3.8, 4) is 0 Å². The van der Waals surface area contributed by atoms with E-state index in [0.717, 1.165) is 12.8 Å².